The number of nitrogens with one attached hydrogen (secondary N) is 3. The van der Waals surface area contributed by atoms with E-state index < -0.39 is 10.0 Å². The first-order chi connectivity index (χ1) is 9.01. The van der Waals surface area contributed by atoms with Gasteiger partial charge in [0.05, 0.1) is 5.69 Å². The fourth-order valence-corrected chi connectivity index (χ4v) is 2.56. The minimum atomic E-state index is -3.72. The molecule has 0 spiro atoms. The Kier molecular flexibility index (Phi) is 5.71. The molecule has 106 valence electrons. The van der Waals surface area contributed by atoms with Crippen LogP contribution in [0.1, 0.15) is 13.3 Å². The molecule has 1 heterocycles. The van der Waals surface area contributed by atoms with Crippen LogP contribution in [0.4, 0.5) is 5.69 Å². The zero-order chi connectivity index (χ0) is 14.3. The van der Waals surface area contributed by atoms with Gasteiger partial charge >= 0.3 is 0 Å². The molecule has 0 radical (unpaired) electrons. The molecule has 1 aromatic rings. The number of aromatic nitrogens is 1. The molecule has 0 unspecified atom stereocenters. The molecule has 0 aliphatic heterocycles. The summed E-state index contributed by atoms with van der Waals surface area (Å²) in [5, 5.41) is 5.29. The Morgan fingerprint density at radius 3 is 2.79 bits per heavy atom. The van der Waals surface area contributed by atoms with Crippen LogP contribution in [0.25, 0.3) is 0 Å². The molecular formula is C11H18N4O3S. The quantitative estimate of drug-likeness (QED) is 0.651. The summed E-state index contributed by atoms with van der Waals surface area (Å²) >= 11 is 0. The molecule has 0 atom stereocenters. The van der Waals surface area contributed by atoms with Gasteiger partial charge in [0.1, 0.15) is 0 Å². The maximum atomic E-state index is 12.1. The number of pyridine rings is 1. The minimum Gasteiger partial charge on any atom is -0.383 e. The third-order valence-electron chi connectivity index (χ3n) is 2.32. The predicted molar refractivity (Wildman–Crippen MR) is 72.3 cm³/mol. The third-order valence-corrected chi connectivity index (χ3v) is 3.73. The van der Waals surface area contributed by atoms with Crippen molar-refractivity contribution in [2.24, 2.45) is 0 Å². The summed E-state index contributed by atoms with van der Waals surface area (Å²) in [7, 11) is -2.22. The summed E-state index contributed by atoms with van der Waals surface area (Å²) in [6.07, 6.45) is 1.49. The van der Waals surface area contributed by atoms with Crippen LogP contribution in [0.2, 0.25) is 0 Å². The zero-order valence-corrected chi connectivity index (χ0v) is 11.8. The van der Waals surface area contributed by atoms with Crippen LogP contribution >= 0.6 is 0 Å². The topological polar surface area (TPSA) is 100 Å². The second kappa shape index (κ2) is 7.05. The van der Waals surface area contributed by atoms with E-state index in [4.69, 9.17) is 0 Å². The van der Waals surface area contributed by atoms with Gasteiger partial charge < -0.3 is 10.6 Å². The van der Waals surface area contributed by atoms with Crippen LogP contribution in [0.15, 0.2) is 23.4 Å². The molecule has 1 amide bonds. The first kappa shape index (κ1) is 15.4. The van der Waals surface area contributed by atoms with Crippen LogP contribution in [0.5, 0.6) is 0 Å². The van der Waals surface area contributed by atoms with Crippen molar-refractivity contribution in [1.29, 1.82) is 0 Å². The molecule has 0 saturated heterocycles. The lowest BCUT2D eigenvalue weighted by molar-refractivity contribution is -0.120. The number of anilines is 1. The van der Waals surface area contributed by atoms with Crippen molar-refractivity contribution in [1.82, 2.24) is 15.0 Å². The molecule has 3 N–H and O–H groups in total. The molecule has 0 aliphatic rings. The fourth-order valence-electron chi connectivity index (χ4n) is 1.42. The van der Waals surface area contributed by atoms with Gasteiger partial charge in [-0.25, -0.2) is 18.1 Å². The van der Waals surface area contributed by atoms with Gasteiger partial charge in [-0.3, -0.25) is 4.79 Å². The smallest absolute Gasteiger partial charge is 0.260 e. The molecular weight excluding hydrogens is 268 g/mol. The lowest BCUT2D eigenvalue weighted by Gasteiger charge is -2.10. The summed E-state index contributed by atoms with van der Waals surface area (Å²) in [6, 6.07) is 3.30. The Bertz CT molecular complexity index is 530. The number of rotatable bonds is 7. The van der Waals surface area contributed by atoms with Gasteiger partial charge in [0.25, 0.3) is 10.0 Å². The number of amides is 1. The van der Waals surface area contributed by atoms with Crippen LogP contribution in [-0.4, -0.2) is 39.4 Å². The lowest BCUT2D eigenvalue weighted by atomic mass is 10.4. The van der Waals surface area contributed by atoms with E-state index in [1.54, 1.807) is 12.1 Å². The van der Waals surface area contributed by atoms with Crippen molar-refractivity contribution in [3.63, 3.8) is 0 Å². The third kappa shape index (κ3) is 4.49. The summed E-state index contributed by atoms with van der Waals surface area (Å²) in [4.78, 5) is 14.9. The molecule has 0 bridgehead atoms. The average Bonchev–Trinajstić information content (AvgIpc) is 2.39. The normalized spacial score (nSPS) is 11.1. The second-order valence-corrected chi connectivity index (χ2v) is 5.39. The molecule has 0 aliphatic carbocycles. The molecule has 19 heavy (non-hydrogen) atoms. The van der Waals surface area contributed by atoms with Gasteiger partial charge in [-0.15, -0.1) is 0 Å². The highest BCUT2D eigenvalue weighted by Crippen LogP contribution is 2.17. The average molecular weight is 286 g/mol. The maximum absolute atomic E-state index is 12.1. The molecule has 1 rings (SSSR count). The largest absolute Gasteiger partial charge is 0.383 e. The summed E-state index contributed by atoms with van der Waals surface area (Å²) < 4.78 is 26.5. The molecule has 0 fully saturated rings. The van der Waals surface area contributed by atoms with E-state index in [1.165, 1.54) is 13.2 Å². The second-order valence-electron chi connectivity index (χ2n) is 3.71. The van der Waals surface area contributed by atoms with Gasteiger partial charge in [0, 0.05) is 32.8 Å². The van der Waals surface area contributed by atoms with E-state index in [1.807, 2.05) is 6.92 Å². The highest BCUT2D eigenvalue weighted by molar-refractivity contribution is 7.89. The summed E-state index contributed by atoms with van der Waals surface area (Å²) in [5.41, 5.74) is 0.442. The Hall–Kier alpha value is -1.67. The van der Waals surface area contributed by atoms with Gasteiger partial charge in [0.15, 0.2) is 5.03 Å². The van der Waals surface area contributed by atoms with Crippen LogP contribution in [-0.2, 0) is 14.8 Å². The lowest BCUT2D eigenvalue weighted by Crippen LogP contribution is -2.30. The molecule has 0 aromatic carbocycles. The molecule has 8 heteroatoms. The van der Waals surface area contributed by atoms with Gasteiger partial charge in [-0.05, 0) is 19.1 Å². The van der Waals surface area contributed by atoms with E-state index in [-0.39, 0.29) is 23.9 Å². The maximum Gasteiger partial charge on any atom is 0.260 e. The van der Waals surface area contributed by atoms with Crippen molar-refractivity contribution in [3.05, 3.63) is 18.3 Å². The monoisotopic (exact) mass is 286 g/mol. The van der Waals surface area contributed by atoms with E-state index >= 15 is 0 Å². The van der Waals surface area contributed by atoms with Crippen molar-refractivity contribution in [2.45, 2.75) is 18.4 Å². The van der Waals surface area contributed by atoms with E-state index in [0.717, 1.165) is 0 Å². The highest BCUT2D eigenvalue weighted by Gasteiger charge is 2.19. The number of hydrogen-bond acceptors (Lipinski definition) is 5. The van der Waals surface area contributed by atoms with Crippen molar-refractivity contribution in [2.75, 3.05) is 25.5 Å². The van der Waals surface area contributed by atoms with Gasteiger partial charge in [0.2, 0.25) is 5.91 Å². The van der Waals surface area contributed by atoms with Gasteiger partial charge in [-0.1, -0.05) is 0 Å². The summed E-state index contributed by atoms with van der Waals surface area (Å²) in [5.74, 6) is -0.226. The number of carbonyl (C=O) groups is 1. The highest BCUT2D eigenvalue weighted by atomic mass is 32.2. The first-order valence-corrected chi connectivity index (χ1v) is 7.38. The minimum absolute atomic E-state index is 0.0319. The number of hydrogen-bond donors (Lipinski definition) is 3. The molecule has 1 aromatic heterocycles. The Morgan fingerprint density at radius 2 is 2.16 bits per heavy atom. The van der Waals surface area contributed by atoms with Gasteiger partial charge in [-0.2, -0.15) is 0 Å². The predicted octanol–water partition coefficient (Wildman–Crippen LogP) is -0.0722. The van der Waals surface area contributed by atoms with E-state index in [2.05, 4.69) is 20.3 Å². The van der Waals surface area contributed by atoms with E-state index in [0.29, 0.717) is 12.2 Å². The Balaban J connectivity index is 2.79. The SMILES string of the molecule is CCNc1cccnc1S(=O)(=O)NCCC(=O)NC. The Morgan fingerprint density at radius 1 is 1.42 bits per heavy atom. The van der Waals surface area contributed by atoms with Crippen molar-refractivity contribution < 1.29 is 13.2 Å². The van der Waals surface area contributed by atoms with Crippen molar-refractivity contribution >= 4 is 21.6 Å². The standard InChI is InChI=1S/C11H18N4O3S/c1-3-13-9-5-4-7-14-11(9)19(17,18)15-8-6-10(16)12-2/h4-5,7,13,15H,3,6,8H2,1-2H3,(H,12,16). The summed E-state index contributed by atoms with van der Waals surface area (Å²) in [6.45, 7) is 2.49. The van der Waals surface area contributed by atoms with Crippen LogP contribution < -0.4 is 15.4 Å². The number of carbonyl (C=O) groups excluding carboxylic acids is 1. The van der Waals surface area contributed by atoms with Crippen LogP contribution in [0, 0.1) is 0 Å². The van der Waals surface area contributed by atoms with Crippen LogP contribution in [0.3, 0.4) is 0 Å². The number of nitrogens with zero attached hydrogens (tertiary/aromatic N) is 1. The molecule has 7 nitrogen and oxygen atoms in total. The number of sulfonamides is 1. The first-order valence-electron chi connectivity index (χ1n) is 5.90. The Labute approximate surface area is 112 Å². The van der Waals surface area contributed by atoms with Crippen molar-refractivity contribution in [3.8, 4) is 0 Å². The fraction of sp³-hybridized carbons (Fsp3) is 0.455. The van der Waals surface area contributed by atoms with E-state index in [9.17, 15) is 13.2 Å². The zero-order valence-electron chi connectivity index (χ0n) is 10.9. The molecule has 0 saturated carbocycles.